The predicted octanol–water partition coefficient (Wildman–Crippen LogP) is 4.01. The number of halogens is 1. The largest absolute Gasteiger partial charge is 0.411 e. The molecule has 1 saturated heterocycles. The number of rotatable bonds is 4. The molecule has 2 aliphatic rings. The zero-order chi connectivity index (χ0) is 17.9. The number of benzene rings is 1. The molecule has 2 fully saturated rings. The maximum atomic E-state index is 13.0. The second-order valence-electron chi connectivity index (χ2n) is 7.10. The Kier molecular flexibility index (Phi) is 5.24. The number of piperidine rings is 1. The first-order valence-electron chi connectivity index (χ1n) is 9.19. The third-order valence-electron chi connectivity index (χ3n) is 5.46. The molecule has 0 radical (unpaired) electrons. The average molecular weight is 375 g/mol. The van der Waals surface area contributed by atoms with Gasteiger partial charge in [-0.15, -0.1) is 10.2 Å². The summed E-state index contributed by atoms with van der Waals surface area (Å²) >= 11 is 1.26. The van der Waals surface area contributed by atoms with E-state index in [0.717, 1.165) is 25.4 Å². The van der Waals surface area contributed by atoms with Gasteiger partial charge < -0.3 is 9.32 Å². The van der Waals surface area contributed by atoms with E-state index in [1.807, 2.05) is 4.90 Å². The summed E-state index contributed by atoms with van der Waals surface area (Å²) in [4.78, 5) is 14.5. The molecule has 1 aromatic heterocycles. The van der Waals surface area contributed by atoms with Crippen molar-refractivity contribution in [2.24, 2.45) is 11.8 Å². The smallest absolute Gasteiger partial charge is 0.277 e. The average Bonchev–Trinajstić information content (AvgIpc) is 3.15. The van der Waals surface area contributed by atoms with Gasteiger partial charge in [-0.3, -0.25) is 4.79 Å². The topological polar surface area (TPSA) is 59.2 Å². The van der Waals surface area contributed by atoms with Crippen LogP contribution >= 0.6 is 11.8 Å². The minimum Gasteiger partial charge on any atom is -0.411 e. The molecular formula is C19H22FN3O2S. The van der Waals surface area contributed by atoms with Crippen LogP contribution in [0, 0.1) is 17.7 Å². The van der Waals surface area contributed by atoms with Crippen molar-refractivity contribution in [3.8, 4) is 11.5 Å². The molecule has 0 N–H and O–H groups in total. The number of amides is 1. The van der Waals surface area contributed by atoms with Crippen LogP contribution in [-0.4, -0.2) is 39.8 Å². The molecule has 2 atom stereocenters. The lowest BCUT2D eigenvalue weighted by Gasteiger charge is -2.41. The molecule has 1 saturated carbocycles. The third-order valence-corrected chi connectivity index (χ3v) is 6.26. The molecule has 0 bridgehead atoms. The fourth-order valence-electron chi connectivity index (χ4n) is 4.02. The summed E-state index contributed by atoms with van der Waals surface area (Å²) < 4.78 is 18.6. The number of hydrogen-bond acceptors (Lipinski definition) is 5. The Morgan fingerprint density at radius 2 is 1.92 bits per heavy atom. The number of fused-ring (bicyclic) bond motifs is 1. The maximum Gasteiger partial charge on any atom is 0.277 e. The second kappa shape index (κ2) is 7.78. The van der Waals surface area contributed by atoms with Crippen LogP contribution in [-0.2, 0) is 4.79 Å². The molecule has 138 valence electrons. The lowest BCUT2D eigenvalue weighted by atomic mass is 9.75. The number of thioether (sulfide) groups is 1. The maximum absolute atomic E-state index is 13.0. The molecule has 1 aliphatic heterocycles. The summed E-state index contributed by atoms with van der Waals surface area (Å²) in [6.45, 7) is 1.76. The van der Waals surface area contributed by atoms with E-state index in [1.165, 1.54) is 49.6 Å². The molecule has 26 heavy (non-hydrogen) atoms. The van der Waals surface area contributed by atoms with Gasteiger partial charge >= 0.3 is 0 Å². The van der Waals surface area contributed by atoms with Crippen molar-refractivity contribution >= 4 is 17.7 Å². The van der Waals surface area contributed by atoms with Gasteiger partial charge in [0.1, 0.15) is 5.82 Å². The van der Waals surface area contributed by atoms with Crippen LogP contribution in [0.3, 0.4) is 0 Å². The summed E-state index contributed by atoms with van der Waals surface area (Å²) in [5.41, 5.74) is 0.663. The molecule has 1 aromatic carbocycles. The Bertz CT molecular complexity index is 764. The van der Waals surface area contributed by atoms with Gasteiger partial charge in [0, 0.05) is 18.7 Å². The van der Waals surface area contributed by atoms with Crippen molar-refractivity contribution < 1.29 is 13.6 Å². The Labute approximate surface area is 156 Å². The van der Waals surface area contributed by atoms with Crippen LogP contribution in [0.2, 0.25) is 0 Å². The van der Waals surface area contributed by atoms with Gasteiger partial charge in [0.2, 0.25) is 11.8 Å². The van der Waals surface area contributed by atoms with Crippen molar-refractivity contribution in [2.75, 3.05) is 18.8 Å². The fraction of sp³-hybridized carbons (Fsp3) is 0.526. The summed E-state index contributed by atoms with van der Waals surface area (Å²) in [7, 11) is 0. The van der Waals surface area contributed by atoms with Crippen molar-refractivity contribution in [1.82, 2.24) is 15.1 Å². The van der Waals surface area contributed by atoms with Gasteiger partial charge in [-0.05, 0) is 48.9 Å². The Balaban J connectivity index is 1.31. The SMILES string of the molecule is O=C(CSc1nnc(-c2ccc(F)cc2)o1)N1CC[C@@H]2CCCC[C@@H]2C1. The number of nitrogens with zero attached hydrogens (tertiary/aromatic N) is 3. The minimum atomic E-state index is -0.310. The van der Waals surface area contributed by atoms with Crippen LogP contribution in [0.5, 0.6) is 0 Å². The van der Waals surface area contributed by atoms with Crippen molar-refractivity contribution in [2.45, 2.75) is 37.3 Å². The van der Waals surface area contributed by atoms with E-state index < -0.39 is 0 Å². The molecule has 4 rings (SSSR count). The van der Waals surface area contributed by atoms with Gasteiger partial charge in [0.05, 0.1) is 5.75 Å². The van der Waals surface area contributed by atoms with Crippen molar-refractivity contribution in [1.29, 1.82) is 0 Å². The highest BCUT2D eigenvalue weighted by atomic mass is 32.2. The van der Waals surface area contributed by atoms with Gasteiger partial charge in [-0.25, -0.2) is 4.39 Å². The molecule has 5 nitrogen and oxygen atoms in total. The highest BCUT2D eigenvalue weighted by molar-refractivity contribution is 7.99. The summed E-state index contributed by atoms with van der Waals surface area (Å²) in [6.07, 6.45) is 6.36. The number of likely N-dealkylation sites (tertiary alicyclic amines) is 1. The Morgan fingerprint density at radius 1 is 1.15 bits per heavy atom. The van der Waals surface area contributed by atoms with E-state index in [2.05, 4.69) is 10.2 Å². The summed E-state index contributed by atoms with van der Waals surface area (Å²) in [5, 5.41) is 8.32. The van der Waals surface area contributed by atoms with Gasteiger partial charge in [-0.2, -0.15) is 0 Å². The van der Waals surface area contributed by atoms with E-state index in [-0.39, 0.29) is 11.7 Å². The molecule has 0 unspecified atom stereocenters. The van der Waals surface area contributed by atoms with E-state index in [0.29, 0.717) is 28.3 Å². The number of carbonyl (C=O) groups excluding carboxylic acids is 1. The van der Waals surface area contributed by atoms with Crippen molar-refractivity contribution in [3.63, 3.8) is 0 Å². The summed E-state index contributed by atoms with van der Waals surface area (Å²) in [6, 6.07) is 5.89. The number of aromatic nitrogens is 2. The van der Waals surface area contributed by atoms with Gasteiger partial charge in [0.25, 0.3) is 5.22 Å². The second-order valence-corrected chi connectivity index (χ2v) is 8.03. The van der Waals surface area contributed by atoms with E-state index in [1.54, 1.807) is 12.1 Å². The molecular weight excluding hydrogens is 353 g/mol. The first-order valence-corrected chi connectivity index (χ1v) is 10.2. The normalized spacial score (nSPS) is 22.9. The minimum absolute atomic E-state index is 0.139. The highest BCUT2D eigenvalue weighted by Crippen LogP contribution is 2.36. The standard InChI is InChI=1S/C19H22FN3O2S/c20-16-7-5-14(6-8-16)18-21-22-19(25-18)26-12-17(24)23-10-9-13-3-1-2-4-15(13)11-23/h5-8,13,15H,1-4,9-12H2/t13-,15+/m0/s1. The molecule has 7 heteroatoms. The number of hydrogen-bond donors (Lipinski definition) is 0. The molecule has 2 aromatic rings. The first kappa shape index (κ1) is 17.5. The predicted molar refractivity (Wildman–Crippen MR) is 97.1 cm³/mol. The molecule has 1 amide bonds. The lowest BCUT2D eigenvalue weighted by molar-refractivity contribution is -0.131. The molecule has 1 aliphatic carbocycles. The van der Waals surface area contributed by atoms with E-state index in [4.69, 9.17) is 4.42 Å². The van der Waals surface area contributed by atoms with Crippen molar-refractivity contribution in [3.05, 3.63) is 30.1 Å². The Morgan fingerprint density at radius 3 is 2.73 bits per heavy atom. The van der Waals surface area contributed by atoms with Gasteiger partial charge in [-0.1, -0.05) is 31.0 Å². The number of carbonyl (C=O) groups is 1. The van der Waals surface area contributed by atoms with Crippen LogP contribution < -0.4 is 0 Å². The quantitative estimate of drug-likeness (QED) is 0.756. The van der Waals surface area contributed by atoms with Gasteiger partial charge in [0.15, 0.2) is 0 Å². The zero-order valence-electron chi connectivity index (χ0n) is 14.6. The molecule has 0 spiro atoms. The third kappa shape index (κ3) is 3.92. The van der Waals surface area contributed by atoms with E-state index in [9.17, 15) is 9.18 Å². The van der Waals surface area contributed by atoms with Crippen LogP contribution in [0.25, 0.3) is 11.5 Å². The first-order chi connectivity index (χ1) is 12.7. The van der Waals surface area contributed by atoms with E-state index >= 15 is 0 Å². The zero-order valence-corrected chi connectivity index (χ0v) is 15.4. The fourth-order valence-corrected chi connectivity index (χ4v) is 4.69. The Hall–Kier alpha value is -1.89. The monoisotopic (exact) mass is 375 g/mol. The molecule has 2 heterocycles. The lowest BCUT2D eigenvalue weighted by Crippen LogP contribution is -2.45. The van der Waals surface area contributed by atoms with Crippen LogP contribution in [0.15, 0.2) is 33.9 Å². The highest BCUT2D eigenvalue weighted by Gasteiger charge is 2.32. The summed E-state index contributed by atoms with van der Waals surface area (Å²) in [5.74, 6) is 1.97. The van der Waals surface area contributed by atoms with Crippen LogP contribution in [0.4, 0.5) is 4.39 Å². The van der Waals surface area contributed by atoms with Crippen LogP contribution in [0.1, 0.15) is 32.1 Å².